The molecule has 0 fully saturated rings. The lowest BCUT2D eigenvalue weighted by Gasteiger charge is -2.14. The lowest BCUT2D eigenvalue weighted by atomic mass is 9.90. The van der Waals surface area contributed by atoms with Crippen LogP contribution in [0, 0.1) is 13.8 Å². The monoisotopic (exact) mass is 499 g/mol. The lowest BCUT2D eigenvalue weighted by Crippen LogP contribution is -1.91. The maximum absolute atomic E-state index is 8.04. The second-order valence-corrected chi connectivity index (χ2v) is 10.7. The molecule has 0 saturated heterocycles. The van der Waals surface area contributed by atoms with Crippen molar-refractivity contribution in [3.8, 4) is 33.4 Å². The average Bonchev–Trinajstić information content (AvgIpc) is 3.40. The van der Waals surface area contributed by atoms with E-state index in [-0.39, 0.29) is 0 Å². The summed E-state index contributed by atoms with van der Waals surface area (Å²) in [5, 5.41) is 7.67. The predicted molar refractivity (Wildman–Crippen MR) is 168 cm³/mol. The molecular formula is C39H28. The lowest BCUT2D eigenvalue weighted by molar-refractivity contribution is 1.26. The Hall–Kier alpha value is -4.68. The Morgan fingerprint density at radius 1 is 0.436 bits per heavy atom. The summed E-state index contributed by atoms with van der Waals surface area (Å²) < 4.78 is 24.1. The smallest absolute Gasteiger partial charge is 0.0280 e. The standard InChI is InChI=1S/C39H28/c1-24-17-18-26(21-25(24)2)28-13-7-15-34-35-16-8-14-29(39(35)23-38(28)34)27-19-20-36-32-11-4-3-9-30(32)31-10-5-6-12-33(31)37(36)22-27/h3-22H,23H2,1-2H3/i2D3. The summed E-state index contributed by atoms with van der Waals surface area (Å²) in [7, 11) is 0. The number of rotatable bonds is 2. The van der Waals surface area contributed by atoms with Crippen LogP contribution in [0.3, 0.4) is 0 Å². The molecule has 0 nitrogen and oxygen atoms in total. The van der Waals surface area contributed by atoms with Gasteiger partial charge in [0.05, 0.1) is 0 Å². The molecule has 39 heavy (non-hydrogen) atoms. The van der Waals surface area contributed by atoms with Gasteiger partial charge in [0.25, 0.3) is 0 Å². The average molecular weight is 500 g/mol. The SMILES string of the molecule is [2H]C([2H])([2H])c1cc(-c2cccc3c2Cc2c(-c4ccc5c6ccccc6c6ccccc6c5c4)cccc2-3)ccc1C. The van der Waals surface area contributed by atoms with Crippen LogP contribution in [0.5, 0.6) is 0 Å². The number of hydrogen-bond acceptors (Lipinski definition) is 0. The molecule has 0 aliphatic heterocycles. The van der Waals surface area contributed by atoms with Gasteiger partial charge in [-0.1, -0.05) is 115 Å². The third-order valence-electron chi connectivity index (χ3n) is 8.60. The van der Waals surface area contributed by atoms with E-state index in [1.807, 2.05) is 19.1 Å². The minimum Gasteiger partial charge on any atom is -0.0616 e. The molecule has 1 aliphatic carbocycles. The molecule has 0 aromatic heterocycles. The molecular weight excluding hydrogens is 468 g/mol. The zero-order valence-corrected chi connectivity index (χ0v) is 21.8. The number of aryl methyl sites for hydroxylation is 2. The highest BCUT2D eigenvalue weighted by molar-refractivity contribution is 6.25. The summed E-state index contributed by atoms with van der Waals surface area (Å²) in [5.74, 6) is 0. The van der Waals surface area contributed by atoms with Gasteiger partial charge in [0.2, 0.25) is 0 Å². The number of fused-ring (bicyclic) bond motifs is 9. The fourth-order valence-corrected chi connectivity index (χ4v) is 6.64. The van der Waals surface area contributed by atoms with Crippen LogP contribution in [0.4, 0.5) is 0 Å². The molecule has 0 atom stereocenters. The topological polar surface area (TPSA) is 0 Å². The second-order valence-electron chi connectivity index (χ2n) is 10.7. The van der Waals surface area contributed by atoms with Crippen LogP contribution in [-0.4, -0.2) is 0 Å². The molecule has 0 heteroatoms. The van der Waals surface area contributed by atoms with Gasteiger partial charge in [0.1, 0.15) is 0 Å². The van der Waals surface area contributed by atoms with E-state index in [0.29, 0.717) is 5.56 Å². The maximum Gasteiger partial charge on any atom is 0.0280 e. The highest BCUT2D eigenvalue weighted by Crippen LogP contribution is 2.46. The van der Waals surface area contributed by atoms with Crippen LogP contribution in [0.15, 0.2) is 121 Å². The van der Waals surface area contributed by atoms with E-state index in [2.05, 4.69) is 109 Å². The van der Waals surface area contributed by atoms with E-state index in [1.165, 1.54) is 65.7 Å². The van der Waals surface area contributed by atoms with Crippen LogP contribution >= 0.6 is 0 Å². The van der Waals surface area contributed by atoms with E-state index in [0.717, 1.165) is 23.1 Å². The van der Waals surface area contributed by atoms with Crippen LogP contribution in [0.2, 0.25) is 0 Å². The van der Waals surface area contributed by atoms with Gasteiger partial charge >= 0.3 is 0 Å². The fourth-order valence-electron chi connectivity index (χ4n) is 6.64. The third kappa shape index (κ3) is 3.31. The van der Waals surface area contributed by atoms with E-state index >= 15 is 0 Å². The summed E-state index contributed by atoms with van der Waals surface area (Å²) in [6.45, 7) is -0.266. The fraction of sp³-hybridized carbons (Fsp3) is 0.0769. The minimum atomic E-state index is -2.14. The van der Waals surface area contributed by atoms with Crippen LogP contribution < -0.4 is 0 Å². The number of hydrogen-bond donors (Lipinski definition) is 0. The van der Waals surface area contributed by atoms with Gasteiger partial charge in [0.15, 0.2) is 0 Å². The first-order valence-corrected chi connectivity index (χ1v) is 13.6. The summed E-state index contributed by atoms with van der Waals surface area (Å²) >= 11 is 0. The van der Waals surface area contributed by atoms with E-state index in [4.69, 9.17) is 4.11 Å². The van der Waals surface area contributed by atoms with Gasteiger partial charge in [-0.15, -0.1) is 0 Å². The van der Waals surface area contributed by atoms with Gasteiger partial charge in [-0.3, -0.25) is 0 Å². The minimum absolute atomic E-state index is 0.421. The van der Waals surface area contributed by atoms with Gasteiger partial charge in [-0.05, 0) is 114 Å². The van der Waals surface area contributed by atoms with Crippen molar-refractivity contribution in [2.45, 2.75) is 20.2 Å². The third-order valence-corrected chi connectivity index (χ3v) is 8.60. The van der Waals surface area contributed by atoms with Crippen molar-refractivity contribution in [3.05, 3.63) is 144 Å². The Balaban J connectivity index is 1.30. The van der Waals surface area contributed by atoms with Crippen molar-refractivity contribution in [1.29, 1.82) is 0 Å². The van der Waals surface area contributed by atoms with E-state index in [9.17, 15) is 0 Å². The molecule has 0 unspecified atom stereocenters. The van der Waals surface area contributed by atoms with Gasteiger partial charge in [-0.2, -0.15) is 0 Å². The summed E-state index contributed by atoms with van der Waals surface area (Å²) in [4.78, 5) is 0. The van der Waals surface area contributed by atoms with Gasteiger partial charge < -0.3 is 0 Å². The molecule has 0 radical (unpaired) electrons. The molecule has 7 aromatic rings. The first kappa shape index (κ1) is 19.4. The van der Waals surface area contributed by atoms with Gasteiger partial charge in [-0.25, -0.2) is 0 Å². The van der Waals surface area contributed by atoms with Crippen molar-refractivity contribution in [2.24, 2.45) is 0 Å². The molecule has 0 N–H and O–H groups in total. The predicted octanol–water partition coefficient (Wildman–Crippen LogP) is 10.7. The van der Waals surface area contributed by atoms with Crippen molar-refractivity contribution in [3.63, 3.8) is 0 Å². The van der Waals surface area contributed by atoms with Crippen molar-refractivity contribution in [1.82, 2.24) is 0 Å². The Morgan fingerprint density at radius 3 is 1.51 bits per heavy atom. The molecule has 8 rings (SSSR count). The second kappa shape index (κ2) is 8.41. The summed E-state index contributed by atoms with van der Waals surface area (Å²) in [5.41, 5.74) is 10.8. The Morgan fingerprint density at radius 2 is 0.923 bits per heavy atom. The first-order valence-electron chi connectivity index (χ1n) is 15.1. The van der Waals surface area contributed by atoms with Crippen molar-refractivity contribution in [2.75, 3.05) is 0 Å². The molecule has 184 valence electrons. The van der Waals surface area contributed by atoms with Crippen LogP contribution in [0.25, 0.3) is 65.7 Å². The van der Waals surface area contributed by atoms with E-state index in [1.54, 1.807) is 0 Å². The normalized spacial score (nSPS) is 13.7. The van der Waals surface area contributed by atoms with Crippen LogP contribution in [-0.2, 0) is 6.42 Å². The van der Waals surface area contributed by atoms with Crippen LogP contribution in [0.1, 0.15) is 26.4 Å². The number of benzene rings is 7. The van der Waals surface area contributed by atoms with E-state index < -0.39 is 6.85 Å². The quantitative estimate of drug-likeness (QED) is 0.208. The Bertz CT molecular complexity index is 2180. The zero-order valence-electron chi connectivity index (χ0n) is 24.8. The maximum atomic E-state index is 8.04. The highest BCUT2D eigenvalue weighted by atomic mass is 14.3. The molecule has 0 amide bonds. The first-order chi connectivity index (χ1) is 20.4. The summed E-state index contributed by atoms with van der Waals surface area (Å²) in [6.07, 6.45) is 0.810. The van der Waals surface area contributed by atoms with Crippen molar-refractivity contribution >= 4 is 32.3 Å². The molecule has 7 aromatic carbocycles. The molecule has 1 aliphatic rings. The van der Waals surface area contributed by atoms with Gasteiger partial charge in [0, 0.05) is 4.11 Å². The zero-order chi connectivity index (χ0) is 28.6. The molecule has 0 spiro atoms. The molecule has 0 heterocycles. The highest BCUT2D eigenvalue weighted by Gasteiger charge is 2.24. The molecule has 0 bridgehead atoms. The largest absolute Gasteiger partial charge is 0.0616 e. The molecule has 0 saturated carbocycles. The Labute approximate surface area is 233 Å². The van der Waals surface area contributed by atoms with Crippen molar-refractivity contribution < 1.29 is 4.11 Å². The Kier molecular flexibility index (Phi) is 4.18. The summed E-state index contributed by atoms with van der Waals surface area (Å²) in [6, 6.07) is 43.2.